The van der Waals surface area contributed by atoms with Crippen LogP contribution >= 0.6 is 0 Å². The van der Waals surface area contributed by atoms with E-state index in [0.717, 1.165) is 25.9 Å². The highest BCUT2D eigenvalue weighted by atomic mass is 16.7. The van der Waals surface area contributed by atoms with E-state index in [0.29, 0.717) is 13.0 Å². The van der Waals surface area contributed by atoms with Crippen LogP contribution in [0.4, 0.5) is 0 Å². The van der Waals surface area contributed by atoms with Gasteiger partial charge in [0.05, 0.1) is 6.42 Å². The summed E-state index contributed by atoms with van der Waals surface area (Å²) in [5.74, 6) is 10.8. The zero-order valence-electron chi connectivity index (χ0n) is 11.1. The third-order valence-electron chi connectivity index (χ3n) is 1.99. The van der Waals surface area contributed by atoms with Crippen molar-refractivity contribution in [2.45, 2.75) is 45.3 Å². The van der Waals surface area contributed by atoms with Gasteiger partial charge in [0.2, 0.25) is 0 Å². The molecule has 0 radical (unpaired) electrons. The molecular weight excluding hydrogens is 188 g/mol. The fraction of sp³-hybridized carbons (Fsp3) is 0.692. The molecule has 0 aromatic carbocycles. The predicted octanol–water partition coefficient (Wildman–Crippen LogP) is 2.34. The molecule has 0 bridgehead atoms. The van der Waals surface area contributed by atoms with Crippen molar-refractivity contribution in [3.05, 3.63) is 0 Å². The van der Waals surface area contributed by atoms with Crippen LogP contribution in [0.2, 0.25) is 0 Å². The Morgan fingerprint density at radius 1 is 1.33 bits per heavy atom. The van der Waals surface area contributed by atoms with Crippen LogP contribution in [0.15, 0.2) is 0 Å². The zero-order chi connectivity index (χ0) is 12.6. The van der Waals surface area contributed by atoms with E-state index in [-0.39, 0.29) is 6.29 Å². The van der Waals surface area contributed by atoms with E-state index in [9.17, 15) is 0 Å². The molecule has 1 rings (SSSR count). The minimum Gasteiger partial charge on any atom is -0.353 e. The Morgan fingerprint density at radius 2 is 2.20 bits per heavy atom. The van der Waals surface area contributed by atoms with Gasteiger partial charge in [-0.2, -0.15) is 0 Å². The van der Waals surface area contributed by atoms with Crippen LogP contribution in [-0.2, 0) is 9.47 Å². The maximum atomic E-state index is 7.19. The molecule has 1 heterocycles. The van der Waals surface area contributed by atoms with Crippen molar-refractivity contribution in [2.75, 3.05) is 13.2 Å². The van der Waals surface area contributed by atoms with Gasteiger partial charge >= 0.3 is 0 Å². The normalized spacial score (nSPS) is 22.6. The van der Waals surface area contributed by atoms with Gasteiger partial charge in [-0.15, -0.1) is 5.92 Å². The maximum Gasteiger partial charge on any atom is 0.158 e. The van der Waals surface area contributed by atoms with Crippen LogP contribution in [-0.4, -0.2) is 19.5 Å². The molecule has 2 heteroatoms. The van der Waals surface area contributed by atoms with E-state index in [2.05, 4.69) is 23.7 Å². The fourth-order valence-electron chi connectivity index (χ4n) is 1.27. The van der Waals surface area contributed by atoms with Crippen LogP contribution in [0.5, 0.6) is 0 Å². The molecule has 1 unspecified atom stereocenters. The first-order chi connectivity index (χ1) is 8.08. The number of ether oxygens (including phenoxy) is 2. The summed E-state index contributed by atoms with van der Waals surface area (Å²) in [7, 11) is 0. The van der Waals surface area contributed by atoms with Crippen molar-refractivity contribution in [2.24, 2.45) is 0 Å². The minimum atomic E-state index is -1.44. The summed E-state index contributed by atoms with van der Waals surface area (Å²) < 4.78 is 25.2. The lowest BCUT2D eigenvalue weighted by molar-refractivity contribution is -0.154. The topological polar surface area (TPSA) is 18.5 Å². The average Bonchev–Trinajstić information content (AvgIpc) is 2.28. The summed E-state index contributed by atoms with van der Waals surface area (Å²) in [4.78, 5) is 0. The molecule has 82 valence electrons. The lowest BCUT2D eigenvalue weighted by Gasteiger charge is -2.21. The maximum absolute atomic E-state index is 7.19. The van der Waals surface area contributed by atoms with Crippen molar-refractivity contribution < 1.29 is 12.2 Å². The Hall–Kier alpha value is -0.960. The standard InChI is InChI=1S/C13H18O2/c1-2-3-4-5-6-8-11-14-13-10-7-9-12-15-13/h13H,2,5,7,9-12H2,1H3/i2D2. The quantitative estimate of drug-likeness (QED) is 0.648. The number of rotatable bonds is 2. The highest BCUT2D eigenvalue weighted by molar-refractivity contribution is 5.11. The van der Waals surface area contributed by atoms with Gasteiger partial charge < -0.3 is 9.47 Å². The smallest absolute Gasteiger partial charge is 0.158 e. The third-order valence-corrected chi connectivity index (χ3v) is 1.99. The summed E-state index contributed by atoms with van der Waals surface area (Å²) >= 11 is 0. The molecule has 1 fully saturated rings. The Balaban J connectivity index is 2.11. The zero-order valence-corrected chi connectivity index (χ0v) is 9.14. The van der Waals surface area contributed by atoms with Gasteiger partial charge in [-0.1, -0.05) is 24.7 Å². The first-order valence-electron chi connectivity index (χ1n) is 6.27. The summed E-state index contributed by atoms with van der Waals surface area (Å²) in [5, 5.41) is 0. The first kappa shape index (κ1) is 9.28. The minimum absolute atomic E-state index is 0.103. The van der Waals surface area contributed by atoms with Gasteiger partial charge in [0.1, 0.15) is 6.61 Å². The van der Waals surface area contributed by atoms with Crippen LogP contribution in [0.1, 0.15) is 41.7 Å². The van der Waals surface area contributed by atoms with E-state index in [1.807, 2.05) is 0 Å². The molecule has 0 spiro atoms. The van der Waals surface area contributed by atoms with Crippen molar-refractivity contribution in [3.63, 3.8) is 0 Å². The summed E-state index contributed by atoms with van der Waals surface area (Å²) in [6.45, 7) is 2.55. The highest BCUT2D eigenvalue weighted by Crippen LogP contribution is 2.12. The molecule has 0 aromatic rings. The Bertz CT molecular complexity index is 332. The third kappa shape index (κ3) is 6.18. The Labute approximate surface area is 95.1 Å². The van der Waals surface area contributed by atoms with E-state index >= 15 is 0 Å². The Kier molecular flexibility index (Phi) is 5.17. The molecule has 0 aliphatic carbocycles. The van der Waals surface area contributed by atoms with Crippen LogP contribution < -0.4 is 0 Å². The Morgan fingerprint density at radius 3 is 2.93 bits per heavy atom. The lowest BCUT2D eigenvalue weighted by Crippen LogP contribution is -2.22. The number of hydrogen-bond acceptors (Lipinski definition) is 2. The highest BCUT2D eigenvalue weighted by Gasteiger charge is 2.12. The molecule has 15 heavy (non-hydrogen) atoms. The second kappa shape index (κ2) is 8.36. The SMILES string of the molecule is [2H]C([2H])(C)C#CCC#CCOC1CCCCO1. The molecule has 2 nitrogen and oxygen atoms in total. The molecule has 0 amide bonds. The summed E-state index contributed by atoms with van der Waals surface area (Å²) in [5.41, 5.74) is 0. The van der Waals surface area contributed by atoms with Crippen molar-refractivity contribution in [1.29, 1.82) is 0 Å². The average molecular weight is 208 g/mol. The summed E-state index contributed by atoms with van der Waals surface area (Å²) in [6.07, 6.45) is 2.04. The second-order valence-electron chi connectivity index (χ2n) is 3.19. The fourth-order valence-corrected chi connectivity index (χ4v) is 1.27. The molecular formula is C13H18O2. The predicted molar refractivity (Wildman–Crippen MR) is 60.0 cm³/mol. The van der Waals surface area contributed by atoms with Gasteiger partial charge in [-0.25, -0.2) is 0 Å². The molecule has 1 atom stereocenters. The molecule has 1 aliphatic heterocycles. The van der Waals surface area contributed by atoms with Crippen LogP contribution in [0.3, 0.4) is 0 Å². The largest absolute Gasteiger partial charge is 0.353 e. The van der Waals surface area contributed by atoms with Gasteiger partial charge in [-0.3, -0.25) is 0 Å². The first-order valence-corrected chi connectivity index (χ1v) is 5.27. The summed E-state index contributed by atoms with van der Waals surface area (Å²) in [6, 6.07) is 0. The number of hydrogen-bond donors (Lipinski definition) is 0. The van der Waals surface area contributed by atoms with Crippen LogP contribution in [0, 0.1) is 23.7 Å². The van der Waals surface area contributed by atoms with Gasteiger partial charge in [0.25, 0.3) is 0 Å². The molecule has 1 aliphatic rings. The molecule has 0 N–H and O–H groups in total. The van der Waals surface area contributed by atoms with Crippen molar-refractivity contribution in [3.8, 4) is 23.7 Å². The monoisotopic (exact) mass is 208 g/mol. The van der Waals surface area contributed by atoms with Crippen molar-refractivity contribution >= 4 is 0 Å². The van der Waals surface area contributed by atoms with Gasteiger partial charge in [-0.05, 0) is 19.3 Å². The molecule has 0 aromatic heterocycles. The van der Waals surface area contributed by atoms with E-state index < -0.39 is 6.37 Å². The second-order valence-corrected chi connectivity index (χ2v) is 3.19. The van der Waals surface area contributed by atoms with Gasteiger partial charge in [0.15, 0.2) is 6.29 Å². The molecule has 0 saturated carbocycles. The van der Waals surface area contributed by atoms with E-state index in [1.165, 1.54) is 6.92 Å². The van der Waals surface area contributed by atoms with Gasteiger partial charge in [0, 0.05) is 15.7 Å². The lowest BCUT2D eigenvalue weighted by atomic mass is 10.2. The molecule has 1 saturated heterocycles. The van der Waals surface area contributed by atoms with E-state index in [4.69, 9.17) is 12.2 Å². The van der Waals surface area contributed by atoms with Crippen molar-refractivity contribution in [1.82, 2.24) is 0 Å². The van der Waals surface area contributed by atoms with Crippen LogP contribution in [0.25, 0.3) is 0 Å². The van der Waals surface area contributed by atoms with E-state index in [1.54, 1.807) is 0 Å².